The molecule has 3 fully saturated rings. The van der Waals surface area contributed by atoms with Crippen LogP contribution in [0.1, 0.15) is 33.1 Å². The number of likely N-dealkylation sites (tertiary alicyclic amines) is 1. The minimum Gasteiger partial charge on any atom is -0.312 e. The molecule has 0 saturated carbocycles. The van der Waals surface area contributed by atoms with Crippen LogP contribution in [0, 0.1) is 11.3 Å². The van der Waals surface area contributed by atoms with Gasteiger partial charge >= 0.3 is 0 Å². The summed E-state index contributed by atoms with van der Waals surface area (Å²) in [4.78, 5) is 2.79. The van der Waals surface area contributed by atoms with Gasteiger partial charge in [0.1, 0.15) is 0 Å². The van der Waals surface area contributed by atoms with E-state index in [4.69, 9.17) is 0 Å². The highest BCUT2D eigenvalue weighted by molar-refractivity contribution is 7.99. The number of thioether (sulfide) groups is 1. The molecule has 3 heteroatoms. The molecular formula is C14H26N2S. The molecule has 0 aliphatic carbocycles. The summed E-state index contributed by atoms with van der Waals surface area (Å²) >= 11 is 2.17. The Morgan fingerprint density at radius 1 is 1.29 bits per heavy atom. The lowest BCUT2D eigenvalue weighted by Gasteiger charge is -2.39. The van der Waals surface area contributed by atoms with Crippen molar-refractivity contribution in [3.8, 4) is 0 Å². The van der Waals surface area contributed by atoms with E-state index in [0.717, 1.165) is 18.0 Å². The predicted molar refractivity (Wildman–Crippen MR) is 75.6 cm³/mol. The van der Waals surface area contributed by atoms with Gasteiger partial charge in [-0.15, -0.1) is 0 Å². The summed E-state index contributed by atoms with van der Waals surface area (Å²) in [6, 6.07) is 1.65. The van der Waals surface area contributed by atoms with E-state index in [2.05, 4.69) is 35.8 Å². The molecule has 1 unspecified atom stereocenters. The summed E-state index contributed by atoms with van der Waals surface area (Å²) < 4.78 is 0. The molecular weight excluding hydrogens is 228 g/mol. The van der Waals surface area contributed by atoms with Crippen molar-refractivity contribution >= 4 is 11.8 Å². The Morgan fingerprint density at radius 2 is 2.18 bits per heavy atom. The van der Waals surface area contributed by atoms with Gasteiger partial charge in [-0.25, -0.2) is 0 Å². The number of nitrogens with zero attached hydrogens (tertiary/aromatic N) is 1. The molecule has 0 aromatic heterocycles. The lowest BCUT2D eigenvalue weighted by molar-refractivity contribution is 0.184. The Hall–Kier alpha value is 0.270. The molecule has 17 heavy (non-hydrogen) atoms. The van der Waals surface area contributed by atoms with Crippen LogP contribution < -0.4 is 5.32 Å². The third-order valence-corrected chi connectivity index (χ3v) is 6.34. The van der Waals surface area contributed by atoms with E-state index in [1.165, 1.54) is 50.4 Å². The van der Waals surface area contributed by atoms with Crippen molar-refractivity contribution in [3.63, 3.8) is 0 Å². The van der Waals surface area contributed by atoms with E-state index in [-0.39, 0.29) is 0 Å². The zero-order valence-electron chi connectivity index (χ0n) is 11.2. The predicted octanol–water partition coefficient (Wildman–Crippen LogP) is 2.20. The van der Waals surface area contributed by atoms with Crippen LogP contribution in [0.15, 0.2) is 0 Å². The fourth-order valence-corrected chi connectivity index (χ4v) is 5.23. The topological polar surface area (TPSA) is 15.3 Å². The van der Waals surface area contributed by atoms with Gasteiger partial charge < -0.3 is 5.32 Å². The van der Waals surface area contributed by atoms with Crippen molar-refractivity contribution in [1.82, 2.24) is 10.2 Å². The van der Waals surface area contributed by atoms with Gasteiger partial charge in [-0.1, -0.05) is 13.8 Å². The Kier molecular flexibility index (Phi) is 3.44. The van der Waals surface area contributed by atoms with Crippen LogP contribution in [-0.4, -0.2) is 48.1 Å². The molecule has 0 spiro atoms. The first kappa shape index (κ1) is 12.3. The van der Waals surface area contributed by atoms with Crippen LogP contribution in [-0.2, 0) is 0 Å². The fraction of sp³-hybridized carbons (Fsp3) is 1.00. The summed E-state index contributed by atoms with van der Waals surface area (Å²) in [5, 5.41) is 3.72. The molecule has 3 atom stereocenters. The zero-order valence-corrected chi connectivity index (χ0v) is 12.1. The molecule has 3 saturated heterocycles. The van der Waals surface area contributed by atoms with Gasteiger partial charge in [0.15, 0.2) is 0 Å². The number of nitrogens with one attached hydrogen (secondary N) is 1. The summed E-state index contributed by atoms with van der Waals surface area (Å²) in [6.45, 7) is 8.80. The van der Waals surface area contributed by atoms with Gasteiger partial charge in [0.05, 0.1) is 0 Å². The van der Waals surface area contributed by atoms with Gasteiger partial charge in [0.25, 0.3) is 0 Å². The van der Waals surface area contributed by atoms with Crippen LogP contribution >= 0.6 is 11.8 Å². The quantitative estimate of drug-likeness (QED) is 0.772. The molecule has 0 amide bonds. The third-order valence-electron chi connectivity index (χ3n) is 4.74. The van der Waals surface area contributed by atoms with Gasteiger partial charge in [0, 0.05) is 30.9 Å². The summed E-state index contributed by atoms with van der Waals surface area (Å²) in [5.74, 6) is 3.66. The second kappa shape index (κ2) is 4.75. The van der Waals surface area contributed by atoms with E-state index < -0.39 is 0 Å². The smallest absolute Gasteiger partial charge is 0.0235 e. The second-order valence-electron chi connectivity index (χ2n) is 6.95. The first-order chi connectivity index (χ1) is 8.14. The Balaban J connectivity index is 1.61. The highest BCUT2D eigenvalue weighted by Gasteiger charge is 2.40. The first-order valence-corrected chi connectivity index (χ1v) is 8.35. The van der Waals surface area contributed by atoms with Crippen molar-refractivity contribution in [1.29, 1.82) is 0 Å². The maximum Gasteiger partial charge on any atom is 0.0235 e. The molecule has 1 N–H and O–H groups in total. The largest absolute Gasteiger partial charge is 0.312 e. The van der Waals surface area contributed by atoms with Crippen molar-refractivity contribution in [2.75, 3.05) is 31.1 Å². The van der Waals surface area contributed by atoms with Crippen LogP contribution in [0.3, 0.4) is 0 Å². The molecule has 3 aliphatic heterocycles. The van der Waals surface area contributed by atoms with Crippen molar-refractivity contribution < 1.29 is 0 Å². The molecule has 0 bridgehead atoms. The average molecular weight is 254 g/mol. The van der Waals surface area contributed by atoms with Crippen molar-refractivity contribution in [2.45, 2.75) is 45.2 Å². The van der Waals surface area contributed by atoms with Crippen LogP contribution in [0.2, 0.25) is 0 Å². The molecule has 3 heterocycles. The maximum absolute atomic E-state index is 3.72. The van der Waals surface area contributed by atoms with E-state index in [1.807, 2.05) is 0 Å². The molecule has 2 nitrogen and oxygen atoms in total. The van der Waals surface area contributed by atoms with Gasteiger partial charge in [0.2, 0.25) is 0 Å². The Morgan fingerprint density at radius 3 is 2.94 bits per heavy atom. The lowest BCUT2D eigenvalue weighted by atomic mass is 9.87. The SMILES string of the molecule is CC1(C)CSCC(N2C[C@@H]3CCCN[C@@H]3C2)C1. The number of fused-ring (bicyclic) bond motifs is 1. The minimum atomic E-state index is 0.550. The molecule has 3 aliphatic rings. The molecule has 3 rings (SSSR count). The van der Waals surface area contributed by atoms with E-state index in [1.54, 1.807) is 0 Å². The molecule has 0 aromatic carbocycles. The van der Waals surface area contributed by atoms with E-state index in [9.17, 15) is 0 Å². The van der Waals surface area contributed by atoms with Crippen LogP contribution in [0.25, 0.3) is 0 Å². The van der Waals surface area contributed by atoms with Gasteiger partial charge in [-0.3, -0.25) is 4.90 Å². The number of hydrogen-bond acceptors (Lipinski definition) is 3. The highest BCUT2D eigenvalue weighted by atomic mass is 32.2. The molecule has 98 valence electrons. The minimum absolute atomic E-state index is 0.550. The normalized spacial score (nSPS) is 42.4. The number of rotatable bonds is 1. The maximum atomic E-state index is 3.72. The highest BCUT2D eigenvalue weighted by Crippen LogP contribution is 2.38. The number of hydrogen-bond donors (Lipinski definition) is 1. The van der Waals surface area contributed by atoms with Crippen LogP contribution in [0.5, 0.6) is 0 Å². The average Bonchev–Trinajstić information content (AvgIpc) is 2.71. The summed E-state index contributed by atoms with van der Waals surface area (Å²) in [5.41, 5.74) is 0.550. The lowest BCUT2D eigenvalue weighted by Crippen LogP contribution is -2.44. The van der Waals surface area contributed by atoms with Crippen molar-refractivity contribution in [2.24, 2.45) is 11.3 Å². The monoisotopic (exact) mass is 254 g/mol. The van der Waals surface area contributed by atoms with Gasteiger partial charge in [-0.05, 0) is 42.9 Å². The first-order valence-electron chi connectivity index (χ1n) is 7.19. The fourth-order valence-electron chi connectivity index (χ4n) is 3.84. The van der Waals surface area contributed by atoms with Crippen LogP contribution in [0.4, 0.5) is 0 Å². The molecule has 0 radical (unpaired) electrons. The van der Waals surface area contributed by atoms with Crippen molar-refractivity contribution in [3.05, 3.63) is 0 Å². The van der Waals surface area contributed by atoms with E-state index in [0.29, 0.717) is 5.41 Å². The van der Waals surface area contributed by atoms with E-state index >= 15 is 0 Å². The summed E-state index contributed by atoms with van der Waals surface area (Å²) in [6.07, 6.45) is 4.25. The summed E-state index contributed by atoms with van der Waals surface area (Å²) in [7, 11) is 0. The standard InChI is InChI=1S/C14H26N2S/c1-14(2)6-12(9-17-10-14)16-7-11-4-3-5-15-13(11)8-16/h11-13,15H,3-10H2,1-2H3/t11-,12?,13+/m0/s1. The Bertz CT molecular complexity index is 265. The van der Waals surface area contributed by atoms with Gasteiger partial charge in [-0.2, -0.15) is 11.8 Å². The zero-order chi connectivity index (χ0) is 11.9. The molecule has 0 aromatic rings. The number of piperidine rings is 1. The second-order valence-corrected chi connectivity index (χ2v) is 7.98. The third kappa shape index (κ3) is 2.66. The Labute approximate surface area is 110 Å².